The molecule has 5 rings (SSSR count). The van der Waals surface area contributed by atoms with Crippen LogP contribution in [0.5, 0.6) is 0 Å². The lowest BCUT2D eigenvalue weighted by atomic mass is 9.91. The second-order valence-electron chi connectivity index (χ2n) is 10.4. The molecule has 9 heteroatoms. The van der Waals surface area contributed by atoms with Gasteiger partial charge in [0, 0.05) is 46.9 Å². The highest BCUT2D eigenvalue weighted by Crippen LogP contribution is 2.39. The van der Waals surface area contributed by atoms with E-state index in [9.17, 15) is 18.0 Å². The molecule has 1 aromatic heterocycles. The minimum Gasteiger partial charge on any atom is -0.465 e. The number of alkyl halides is 3. The number of carbonyl (C=O) groups excluding carboxylic acids is 1. The Morgan fingerprint density at radius 2 is 1.84 bits per heavy atom. The smallest absolute Gasteiger partial charge is 0.416 e. The van der Waals surface area contributed by atoms with Crippen LogP contribution < -0.4 is 5.32 Å². The average molecular weight is 591 g/mol. The fourth-order valence-electron chi connectivity index (χ4n) is 6.31. The predicted molar refractivity (Wildman–Crippen MR) is 145 cm³/mol. The lowest BCUT2D eigenvalue weighted by molar-refractivity contribution is -0.968. The van der Waals surface area contributed by atoms with Crippen molar-refractivity contribution >= 4 is 32.8 Å². The SMILES string of the molecule is COC(=O)c1c(C[N+]2(C3CCNCC3)CCCCC2)c(-c2cccc(C(F)(F)F)c2)nc2ccc(Br)cc12. The fraction of sp³-hybridized carbons (Fsp3) is 0.448. The first-order valence-electron chi connectivity index (χ1n) is 13.2. The second kappa shape index (κ2) is 10.9. The Morgan fingerprint density at radius 3 is 2.53 bits per heavy atom. The van der Waals surface area contributed by atoms with E-state index in [0.29, 0.717) is 45.9 Å². The normalized spacial score (nSPS) is 18.4. The molecule has 38 heavy (non-hydrogen) atoms. The van der Waals surface area contributed by atoms with Crippen LogP contribution in [-0.2, 0) is 17.5 Å². The van der Waals surface area contributed by atoms with Gasteiger partial charge in [0.25, 0.3) is 0 Å². The number of likely N-dealkylation sites (tertiary alicyclic amines) is 1. The maximum atomic E-state index is 13.7. The average Bonchev–Trinajstić information content (AvgIpc) is 2.93. The monoisotopic (exact) mass is 590 g/mol. The predicted octanol–water partition coefficient (Wildman–Crippen LogP) is 6.72. The van der Waals surface area contributed by atoms with Crippen LogP contribution in [0.2, 0.25) is 0 Å². The Balaban J connectivity index is 1.78. The maximum absolute atomic E-state index is 13.7. The van der Waals surface area contributed by atoms with Gasteiger partial charge in [0.05, 0.1) is 48.6 Å². The lowest BCUT2D eigenvalue weighted by Crippen LogP contribution is -2.60. The van der Waals surface area contributed by atoms with Gasteiger partial charge in [0.1, 0.15) is 6.54 Å². The fourth-order valence-corrected chi connectivity index (χ4v) is 6.67. The maximum Gasteiger partial charge on any atom is 0.416 e. The topological polar surface area (TPSA) is 51.2 Å². The van der Waals surface area contributed by atoms with E-state index in [2.05, 4.69) is 21.2 Å². The number of ether oxygens (including phenoxy) is 1. The van der Waals surface area contributed by atoms with E-state index in [0.717, 1.165) is 79.4 Å². The standard InChI is InChI=1S/C29H32BrF3N3O2/c1-38-28(37)26-23-17-21(30)8-9-25(23)35-27(19-6-5-7-20(16-19)29(31,32)33)24(26)18-36(14-3-2-4-15-36)22-10-12-34-13-11-22/h5-9,16-17,22,34H,2-4,10-15,18H2,1H3/q+1. The first-order valence-corrected chi connectivity index (χ1v) is 14.0. The number of carbonyl (C=O) groups is 1. The van der Waals surface area contributed by atoms with Crippen LogP contribution in [-0.4, -0.2) is 54.8 Å². The number of fused-ring (bicyclic) bond motifs is 1. The van der Waals surface area contributed by atoms with E-state index < -0.39 is 17.7 Å². The zero-order valence-electron chi connectivity index (χ0n) is 21.4. The van der Waals surface area contributed by atoms with Crippen molar-refractivity contribution in [1.82, 2.24) is 10.3 Å². The highest BCUT2D eigenvalue weighted by molar-refractivity contribution is 9.10. The van der Waals surface area contributed by atoms with Crippen LogP contribution in [0.25, 0.3) is 22.2 Å². The number of pyridine rings is 1. The lowest BCUT2D eigenvalue weighted by Gasteiger charge is -2.49. The molecule has 0 unspecified atom stereocenters. The van der Waals surface area contributed by atoms with Gasteiger partial charge in [-0.3, -0.25) is 0 Å². The van der Waals surface area contributed by atoms with E-state index in [-0.39, 0.29) is 0 Å². The molecule has 0 amide bonds. The molecular weight excluding hydrogens is 559 g/mol. The van der Waals surface area contributed by atoms with E-state index in [4.69, 9.17) is 9.72 Å². The van der Waals surface area contributed by atoms with Gasteiger partial charge in [-0.1, -0.05) is 28.1 Å². The number of halogens is 4. The number of aromatic nitrogens is 1. The molecule has 5 nitrogen and oxygen atoms in total. The van der Waals surface area contributed by atoms with Crippen LogP contribution in [0.3, 0.4) is 0 Å². The molecule has 0 saturated carbocycles. The van der Waals surface area contributed by atoms with Crippen LogP contribution in [0.15, 0.2) is 46.9 Å². The van der Waals surface area contributed by atoms with Crippen LogP contribution in [0.1, 0.15) is 53.6 Å². The van der Waals surface area contributed by atoms with Crippen molar-refractivity contribution in [1.29, 1.82) is 0 Å². The number of rotatable bonds is 5. The van der Waals surface area contributed by atoms with Crippen molar-refractivity contribution in [3.8, 4) is 11.3 Å². The quantitative estimate of drug-likeness (QED) is 0.265. The Morgan fingerprint density at radius 1 is 1.11 bits per heavy atom. The molecule has 2 aliphatic rings. The highest BCUT2D eigenvalue weighted by atomic mass is 79.9. The van der Waals surface area contributed by atoms with Crippen LogP contribution >= 0.6 is 15.9 Å². The second-order valence-corrected chi connectivity index (χ2v) is 11.3. The summed E-state index contributed by atoms with van der Waals surface area (Å²) in [7, 11) is 1.35. The molecular formula is C29H32BrF3N3O2+. The molecule has 202 valence electrons. The van der Waals surface area contributed by atoms with Crippen molar-refractivity contribution in [3.63, 3.8) is 0 Å². The molecule has 2 fully saturated rings. The van der Waals surface area contributed by atoms with Gasteiger partial charge in [-0.05, 0) is 49.6 Å². The molecule has 3 heterocycles. The number of nitrogens with one attached hydrogen (secondary N) is 1. The largest absolute Gasteiger partial charge is 0.465 e. The number of hydrogen-bond donors (Lipinski definition) is 1. The summed E-state index contributed by atoms with van der Waals surface area (Å²) in [6.07, 6.45) is 0.904. The summed E-state index contributed by atoms with van der Waals surface area (Å²) in [4.78, 5) is 18.3. The summed E-state index contributed by atoms with van der Waals surface area (Å²) in [5.41, 5.74) is 1.63. The van der Waals surface area contributed by atoms with Crippen molar-refractivity contribution in [3.05, 3.63) is 63.6 Å². The van der Waals surface area contributed by atoms with Gasteiger partial charge in [0.2, 0.25) is 0 Å². The van der Waals surface area contributed by atoms with Crippen molar-refractivity contribution in [2.45, 2.75) is 50.9 Å². The Labute approximate surface area is 229 Å². The van der Waals surface area contributed by atoms with E-state index in [1.807, 2.05) is 12.1 Å². The minimum absolute atomic E-state index is 0.352. The molecule has 1 N–H and O–H groups in total. The van der Waals surface area contributed by atoms with Gasteiger partial charge >= 0.3 is 12.1 Å². The third-order valence-electron chi connectivity index (χ3n) is 8.16. The number of benzene rings is 2. The molecule has 0 atom stereocenters. The summed E-state index contributed by atoms with van der Waals surface area (Å²) in [6, 6.07) is 11.1. The van der Waals surface area contributed by atoms with Gasteiger partial charge in [-0.2, -0.15) is 13.2 Å². The molecule has 0 bridgehead atoms. The van der Waals surface area contributed by atoms with Crippen LogP contribution in [0.4, 0.5) is 13.2 Å². The number of quaternary nitrogens is 1. The number of piperidine rings is 2. The van der Waals surface area contributed by atoms with Crippen LogP contribution in [0, 0.1) is 0 Å². The van der Waals surface area contributed by atoms with Gasteiger partial charge in [-0.25, -0.2) is 9.78 Å². The summed E-state index contributed by atoms with van der Waals surface area (Å²) < 4.78 is 48.0. The molecule has 2 saturated heterocycles. The molecule has 3 aromatic rings. The van der Waals surface area contributed by atoms with Crippen molar-refractivity contribution < 1.29 is 27.2 Å². The van der Waals surface area contributed by atoms with E-state index in [1.54, 1.807) is 12.1 Å². The summed E-state index contributed by atoms with van der Waals surface area (Å²) in [5, 5.41) is 4.09. The summed E-state index contributed by atoms with van der Waals surface area (Å²) in [6.45, 7) is 4.36. The van der Waals surface area contributed by atoms with E-state index >= 15 is 0 Å². The number of esters is 1. The zero-order valence-corrected chi connectivity index (χ0v) is 23.0. The summed E-state index contributed by atoms with van der Waals surface area (Å²) in [5.74, 6) is -0.501. The highest BCUT2D eigenvalue weighted by Gasteiger charge is 2.41. The Bertz CT molecular complexity index is 1330. The Hall–Kier alpha value is -2.49. The first kappa shape index (κ1) is 27.1. The van der Waals surface area contributed by atoms with Crippen molar-refractivity contribution in [2.24, 2.45) is 0 Å². The molecule has 2 aromatic carbocycles. The Kier molecular flexibility index (Phi) is 7.80. The molecule has 2 aliphatic heterocycles. The number of methoxy groups -OCH3 is 1. The minimum atomic E-state index is -4.49. The van der Waals surface area contributed by atoms with Crippen molar-refractivity contribution in [2.75, 3.05) is 33.3 Å². The van der Waals surface area contributed by atoms with Gasteiger partial charge < -0.3 is 14.5 Å². The number of hydrogen-bond acceptors (Lipinski definition) is 4. The molecule has 0 aliphatic carbocycles. The zero-order chi connectivity index (χ0) is 26.9. The number of nitrogens with zero attached hydrogens (tertiary/aromatic N) is 2. The van der Waals surface area contributed by atoms with Gasteiger partial charge in [-0.15, -0.1) is 0 Å². The van der Waals surface area contributed by atoms with E-state index in [1.165, 1.54) is 13.2 Å². The third-order valence-corrected chi connectivity index (χ3v) is 8.66. The first-order chi connectivity index (χ1) is 18.2. The molecule has 0 spiro atoms. The van der Waals surface area contributed by atoms with Gasteiger partial charge in [0.15, 0.2) is 0 Å². The summed E-state index contributed by atoms with van der Waals surface area (Å²) >= 11 is 3.51. The third kappa shape index (κ3) is 5.33. The molecule has 0 radical (unpaired) electrons.